The lowest BCUT2D eigenvalue weighted by Crippen LogP contribution is -2.50. The maximum absolute atomic E-state index is 12.6. The van der Waals surface area contributed by atoms with Crippen LogP contribution in [-0.2, 0) is 9.53 Å². The number of nitrogens with zero attached hydrogens (tertiary/aromatic N) is 1. The third-order valence-electron chi connectivity index (χ3n) is 4.93. The highest BCUT2D eigenvalue weighted by Gasteiger charge is 2.61. The highest BCUT2D eigenvalue weighted by molar-refractivity contribution is 5.83. The lowest BCUT2D eigenvalue weighted by molar-refractivity contribution is -0.527. The molecule has 6 heteroatoms. The number of rotatable bonds is 4. The van der Waals surface area contributed by atoms with Gasteiger partial charge in [0.25, 0.3) is 0 Å². The van der Waals surface area contributed by atoms with E-state index in [-0.39, 0.29) is 4.92 Å². The van der Waals surface area contributed by atoms with E-state index < -0.39 is 29.5 Å². The van der Waals surface area contributed by atoms with Crippen molar-refractivity contribution < 1.29 is 14.5 Å². The summed E-state index contributed by atoms with van der Waals surface area (Å²) in [5.41, 5.74) is 0.315. The minimum absolute atomic E-state index is 0.295. The van der Waals surface area contributed by atoms with Gasteiger partial charge in [0.05, 0.1) is 13.0 Å². The van der Waals surface area contributed by atoms with Gasteiger partial charge in [-0.3, -0.25) is 20.2 Å². The van der Waals surface area contributed by atoms with E-state index in [1.807, 2.05) is 60.7 Å². The molecule has 130 valence electrons. The summed E-state index contributed by atoms with van der Waals surface area (Å²) >= 11 is 0. The quantitative estimate of drug-likeness (QED) is 0.526. The molecule has 4 atom stereocenters. The van der Waals surface area contributed by atoms with Gasteiger partial charge in [-0.05, 0) is 18.1 Å². The standard InChI is InChI=1S/C19H20N2O4/c1-19(18(22)25-2)15(13-9-5-3-6-10-13)17(21(23)24)16(20-19)14-11-7-4-8-12-14/h3-12,15-17,20H,1-2H3/t15-,16-,17-,19-/m0/s1. The van der Waals surface area contributed by atoms with Crippen molar-refractivity contribution in [2.75, 3.05) is 7.11 Å². The fourth-order valence-electron chi connectivity index (χ4n) is 3.81. The van der Waals surface area contributed by atoms with E-state index in [1.54, 1.807) is 6.92 Å². The first-order valence-corrected chi connectivity index (χ1v) is 8.08. The van der Waals surface area contributed by atoms with Gasteiger partial charge >= 0.3 is 5.97 Å². The average Bonchev–Trinajstić information content (AvgIpc) is 2.97. The van der Waals surface area contributed by atoms with Crippen LogP contribution in [0.4, 0.5) is 0 Å². The fourth-order valence-corrected chi connectivity index (χ4v) is 3.81. The second-order valence-corrected chi connectivity index (χ2v) is 6.39. The third kappa shape index (κ3) is 2.89. The predicted molar refractivity (Wildman–Crippen MR) is 92.7 cm³/mol. The molecule has 1 heterocycles. The van der Waals surface area contributed by atoms with Crippen molar-refractivity contribution in [2.45, 2.75) is 30.5 Å². The number of nitro groups is 1. The maximum atomic E-state index is 12.6. The molecule has 0 bridgehead atoms. The molecule has 6 nitrogen and oxygen atoms in total. The average molecular weight is 340 g/mol. The van der Waals surface area contributed by atoms with E-state index >= 15 is 0 Å². The van der Waals surface area contributed by atoms with Gasteiger partial charge in [0.1, 0.15) is 11.6 Å². The molecule has 0 aliphatic carbocycles. The van der Waals surface area contributed by atoms with Crippen LogP contribution >= 0.6 is 0 Å². The topological polar surface area (TPSA) is 81.5 Å². The van der Waals surface area contributed by atoms with Gasteiger partial charge in [0.2, 0.25) is 6.04 Å². The molecule has 1 fully saturated rings. The highest BCUT2D eigenvalue weighted by Crippen LogP contribution is 2.46. The third-order valence-corrected chi connectivity index (χ3v) is 4.93. The molecule has 0 saturated carbocycles. The van der Waals surface area contributed by atoms with E-state index in [4.69, 9.17) is 4.74 Å². The maximum Gasteiger partial charge on any atom is 0.326 e. The minimum Gasteiger partial charge on any atom is -0.468 e. The number of methoxy groups -OCH3 is 1. The SMILES string of the molecule is COC(=O)[C@@]1(C)N[C@@H](c2ccccc2)[C@@H]([N+](=O)[O-])[C@@H]1c1ccccc1. The Kier molecular flexibility index (Phi) is 4.55. The Morgan fingerprint density at radius 3 is 2.08 bits per heavy atom. The summed E-state index contributed by atoms with van der Waals surface area (Å²) in [4.78, 5) is 24.2. The second-order valence-electron chi connectivity index (χ2n) is 6.39. The zero-order valence-corrected chi connectivity index (χ0v) is 14.1. The van der Waals surface area contributed by atoms with Crippen LogP contribution in [0, 0.1) is 10.1 Å². The molecule has 2 aromatic carbocycles. The first-order valence-electron chi connectivity index (χ1n) is 8.08. The normalized spacial score (nSPS) is 28.5. The molecule has 0 amide bonds. The van der Waals surface area contributed by atoms with E-state index in [2.05, 4.69) is 5.32 Å². The molecule has 0 unspecified atom stereocenters. The molecule has 1 aliphatic heterocycles. The zero-order chi connectivity index (χ0) is 18.0. The van der Waals surface area contributed by atoms with Crippen molar-refractivity contribution >= 4 is 5.97 Å². The van der Waals surface area contributed by atoms with Crippen LogP contribution in [0.2, 0.25) is 0 Å². The van der Waals surface area contributed by atoms with Crippen LogP contribution in [0.25, 0.3) is 0 Å². The number of benzene rings is 2. The number of hydrogen-bond donors (Lipinski definition) is 1. The van der Waals surface area contributed by atoms with Gasteiger partial charge in [-0.15, -0.1) is 0 Å². The number of hydrogen-bond acceptors (Lipinski definition) is 5. The minimum atomic E-state index is -1.20. The second kappa shape index (κ2) is 6.64. The van der Waals surface area contributed by atoms with E-state index in [0.717, 1.165) is 11.1 Å². The van der Waals surface area contributed by atoms with Crippen LogP contribution in [0.15, 0.2) is 60.7 Å². The van der Waals surface area contributed by atoms with Crippen LogP contribution in [-0.4, -0.2) is 29.6 Å². The molecular weight excluding hydrogens is 320 g/mol. The van der Waals surface area contributed by atoms with Gasteiger partial charge in [-0.2, -0.15) is 0 Å². The van der Waals surface area contributed by atoms with Crippen LogP contribution in [0.5, 0.6) is 0 Å². The Bertz CT molecular complexity index is 766. The summed E-state index contributed by atoms with van der Waals surface area (Å²) in [6.07, 6.45) is 0. The highest BCUT2D eigenvalue weighted by atomic mass is 16.6. The van der Waals surface area contributed by atoms with Gasteiger partial charge < -0.3 is 4.74 Å². The number of nitrogens with one attached hydrogen (secondary N) is 1. The van der Waals surface area contributed by atoms with Crippen molar-refractivity contribution in [1.82, 2.24) is 5.32 Å². The van der Waals surface area contributed by atoms with Crippen molar-refractivity contribution in [3.8, 4) is 0 Å². The van der Waals surface area contributed by atoms with Crippen molar-refractivity contribution in [1.29, 1.82) is 0 Å². The lowest BCUT2D eigenvalue weighted by atomic mass is 9.78. The molecule has 2 aromatic rings. The zero-order valence-electron chi connectivity index (χ0n) is 14.1. The lowest BCUT2D eigenvalue weighted by Gasteiger charge is -2.28. The first kappa shape index (κ1) is 17.1. The molecule has 1 N–H and O–H groups in total. The molecule has 1 saturated heterocycles. The summed E-state index contributed by atoms with van der Waals surface area (Å²) in [6.45, 7) is 1.68. The summed E-state index contributed by atoms with van der Waals surface area (Å²) in [6, 6.07) is 16.7. The molecular formula is C19H20N2O4. The number of carbonyl (C=O) groups is 1. The molecule has 0 radical (unpaired) electrons. The largest absolute Gasteiger partial charge is 0.468 e. The predicted octanol–water partition coefficient (Wildman–Crippen LogP) is 2.69. The summed E-state index contributed by atoms with van der Waals surface area (Å²) in [7, 11) is 1.30. The van der Waals surface area contributed by atoms with Crippen molar-refractivity contribution in [2.24, 2.45) is 0 Å². The smallest absolute Gasteiger partial charge is 0.326 e. The Morgan fingerprint density at radius 1 is 1.08 bits per heavy atom. The molecule has 0 aromatic heterocycles. The molecule has 0 spiro atoms. The van der Waals surface area contributed by atoms with E-state index in [9.17, 15) is 14.9 Å². The monoisotopic (exact) mass is 340 g/mol. The molecule has 1 aliphatic rings. The Morgan fingerprint density at radius 2 is 1.60 bits per heavy atom. The van der Waals surface area contributed by atoms with Crippen molar-refractivity contribution in [3.05, 3.63) is 81.9 Å². The Hall–Kier alpha value is -2.73. The van der Waals surface area contributed by atoms with Gasteiger partial charge in [0.15, 0.2) is 0 Å². The van der Waals surface area contributed by atoms with Gasteiger partial charge in [-0.25, -0.2) is 0 Å². The Balaban J connectivity index is 2.16. The van der Waals surface area contributed by atoms with Crippen molar-refractivity contribution in [3.63, 3.8) is 0 Å². The van der Waals surface area contributed by atoms with Gasteiger partial charge in [0, 0.05) is 4.92 Å². The first-order chi connectivity index (χ1) is 12.0. The molecule has 3 rings (SSSR count). The summed E-state index contributed by atoms with van der Waals surface area (Å²) in [5, 5.41) is 15.2. The number of ether oxygens (including phenoxy) is 1. The van der Waals surface area contributed by atoms with Crippen LogP contribution in [0.1, 0.15) is 30.0 Å². The fraction of sp³-hybridized carbons (Fsp3) is 0.316. The molecule has 25 heavy (non-hydrogen) atoms. The summed E-state index contributed by atoms with van der Waals surface area (Å²) in [5.74, 6) is -1.16. The van der Waals surface area contributed by atoms with E-state index in [1.165, 1.54) is 7.11 Å². The van der Waals surface area contributed by atoms with Crippen LogP contribution < -0.4 is 5.32 Å². The number of esters is 1. The number of carbonyl (C=O) groups excluding carboxylic acids is 1. The Labute approximate surface area is 146 Å². The summed E-state index contributed by atoms with van der Waals surface area (Å²) < 4.78 is 4.98. The van der Waals surface area contributed by atoms with Gasteiger partial charge in [-0.1, -0.05) is 60.7 Å². The van der Waals surface area contributed by atoms with E-state index in [0.29, 0.717) is 0 Å². The van der Waals surface area contributed by atoms with Crippen LogP contribution in [0.3, 0.4) is 0 Å².